The summed E-state index contributed by atoms with van der Waals surface area (Å²) in [4.78, 5) is 26.5. The molecule has 1 fully saturated rings. The van der Waals surface area contributed by atoms with E-state index in [1.165, 1.54) is 0 Å². The molecule has 4 nitrogen and oxygen atoms in total. The quantitative estimate of drug-likeness (QED) is 0.876. The Kier molecular flexibility index (Phi) is 3.35. The summed E-state index contributed by atoms with van der Waals surface area (Å²) in [5.74, 6) is -0.0836. The first-order valence-corrected chi connectivity index (χ1v) is 6.53. The van der Waals surface area contributed by atoms with Crippen LogP contribution in [-0.2, 0) is 15.1 Å². The van der Waals surface area contributed by atoms with Gasteiger partial charge in [-0.05, 0) is 18.4 Å². The average Bonchev–Trinajstić information content (AvgIpc) is 2.41. The van der Waals surface area contributed by atoms with Crippen molar-refractivity contribution in [2.75, 3.05) is 7.05 Å². The van der Waals surface area contributed by atoms with Crippen LogP contribution in [0.2, 0.25) is 0 Å². The largest absolute Gasteiger partial charge is 0.342 e. The van der Waals surface area contributed by atoms with Crippen molar-refractivity contribution in [1.29, 1.82) is 0 Å². The van der Waals surface area contributed by atoms with Crippen molar-refractivity contribution in [3.05, 3.63) is 35.9 Å². The fraction of sp³-hybridized carbons (Fsp3) is 0.467. The van der Waals surface area contributed by atoms with Crippen molar-refractivity contribution in [3.8, 4) is 0 Å². The zero-order valence-electron chi connectivity index (χ0n) is 11.8. The third-order valence-corrected chi connectivity index (χ3v) is 4.00. The van der Waals surface area contributed by atoms with Crippen LogP contribution in [0.25, 0.3) is 0 Å². The zero-order valence-corrected chi connectivity index (χ0v) is 11.8. The second kappa shape index (κ2) is 4.68. The standard InChI is InChI=1S/C15H20N2O2/c1-10(2)12-13(18)17(4)15(3,14(19)16-12)11-8-6-5-7-9-11/h5-10,12H,1-4H3,(H,16,19). The molecule has 1 saturated heterocycles. The van der Waals surface area contributed by atoms with Crippen LogP contribution in [-0.4, -0.2) is 29.8 Å². The molecule has 0 bridgehead atoms. The molecule has 2 rings (SSSR count). The highest BCUT2D eigenvalue weighted by Gasteiger charge is 2.49. The van der Waals surface area contributed by atoms with E-state index in [2.05, 4.69) is 5.32 Å². The molecule has 0 radical (unpaired) electrons. The van der Waals surface area contributed by atoms with E-state index in [1.807, 2.05) is 44.2 Å². The fourth-order valence-electron chi connectivity index (χ4n) is 2.46. The van der Waals surface area contributed by atoms with Crippen LogP contribution in [0.5, 0.6) is 0 Å². The molecule has 19 heavy (non-hydrogen) atoms. The van der Waals surface area contributed by atoms with E-state index in [-0.39, 0.29) is 17.7 Å². The van der Waals surface area contributed by atoms with Crippen molar-refractivity contribution in [2.24, 2.45) is 5.92 Å². The van der Waals surface area contributed by atoms with Crippen molar-refractivity contribution in [3.63, 3.8) is 0 Å². The Bertz CT molecular complexity index is 498. The molecule has 2 atom stereocenters. The summed E-state index contributed by atoms with van der Waals surface area (Å²) >= 11 is 0. The number of amides is 2. The first-order valence-electron chi connectivity index (χ1n) is 6.53. The number of rotatable bonds is 2. The third-order valence-electron chi connectivity index (χ3n) is 4.00. The summed E-state index contributed by atoms with van der Waals surface area (Å²) in [5, 5.41) is 2.85. The van der Waals surface area contributed by atoms with Gasteiger partial charge in [-0.3, -0.25) is 9.59 Å². The number of piperazine rings is 1. The lowest BCUT2D eigenvalue weighted by Gasteiger charge is -2.45. The first kappa shape index (κ1) is 13.6. The molecule has 2 unspecified atom stereocenters. The normalized spacial score (nSPS) is 27.6. The Hall–Kier alpha value is -1.84. The third kappa shape index (κ3) is 2.01. The molecule has 1 aromatic carbocycles. The highest BCUT2D eigenvalue weighted by molar-refractivity contribution is 6.00. The molecule has 2 amide bonds. The molecule has 1 aliphatic heterocycles. The molecule has 0 saturated carbocycles. The van der Waals surface area contributed by atoms with Gasteiger partial charge in [0.05, 0.1) is 0 Å². The molecular weight excluding hydrogens is 240 g/mol. The van der Waals surface area contributed by atoms with E-state index in [0.717, 1.165) is 5.56 Å². The number of benzene rings is 1. The van der Waals surface area contributed by atoms with Gasteiger partial charge in [0.1, 0.15) is 11.6 Å². The smallest absolute Gasteiger partial charge is 0.250 e. The van der Waals surface area contributed by atoms with Gasteiger partial charge in [0, 0.05) is 7.05 Å². The summed E-state index contributed by atoms with van der Waals surface area (Å²) in [6.45, 7) is 5.65. The number of nitrogens with zero attached hydrogens (tertiary/aromatic N) is 1. The predicted molar refractivity (Wildman–Crippen MR) is 73.3 cm³/mol. The minimum absolute atomic E-state index is 0.0408. The lowest BCUT2D eigenvalue weighted by Crippen LogP contribution is -2.67. The van der Waals surface area contributed by atoms with E-state index >= 15 is 0 Å². The molecule has 102 valence electrons. The highest BCUT2D eigenvalue weighted by atomic mass is 16.2. The van der Waals surface area contributed by atoms with Crippen LogP contribution in [0, 0.1) is 5.92 Å². The number of hydrogen-bond acceptors (Lipinski definition) is 2. The van der Waals surface area contributed by atoms with Gasteiger partial charge < -0.3 is 10.2 Å². The van der Waals surface area contributed by atoms with Crippen LogP contribution in [0.1, 0.15) is 26.3 Å². The minimum Gasteiger partial charge on any atom is -0.342 e. The Labute approximate surface area is 113 Å². The monoisotopic (exact) mass is 260 g/mol. The molecule has 1 N–H and O–H groups in total. The van der Waals surface area contributed by atoms with Crippen LogP contribution in [0.3, 0.4) is 0 Å². The highest BCUT2D eigenvalue weighted by Crippen LogP contribution is 2.32. The van der Waals surface area contributed by atoms with Crippen molar-refractivity contribution < 1.29 is 9.59 Å². The summed E-state index contributed by atoms with van der Waals surface area (Å²) in [7, 11) is 1.70. The number of carbonyl (C=O) groups is 2. The van der Waals surface area contributed by atoms with Crippen molar-refractivity contribution in [2.45, 2.75) is 32.4 Å². The average molecular weight is 260 g/mol. The van der Waals surface area contributed by atoms with Gasteiger partial charge in [0.2, 0.25) is 5.91 Å². The lowest BCUT2D eigenvalue weighted by atomic mass is 9.84. The van der Waals surface area contributed by atoms with E-state index in [1.54, 1.807) is 18.9 Å². The second-order valence-electron chi connectivity index (χ2n) is 5.53. The van der Waals surface area contributed by atoms with Crippen LogP contribution < -0.4 is 5.32 Å². The minimum atomic E-state index is -0.941. The van der Waals surface area contributed by atoms with Gasteiger partial charge >= 0.3 is 0 Å². The summed E-state index contributed by atoms with van der Waals surface area (Å²) in [5.41, 5.74) is -0.116. The van der Waals surface area contributed by atoms with E-state index in [0.29, 0.717) is 0 Å². The molecule has 1 heterocycles. The Morgan fingerprint density at radius 1 is 1.21 bits per heavy atom. The maximum absolute atomic E-state index is 12.5. The maximum atomic E-state index is 12.5. The molecule has 0 spiro atoms. The summed E-state index contributed by atoms with van der Waals surface area (Å²) < 4.78 is 0. The van der Waals surface area contributed by atoms with Gasteiger partial charge in [-0.15, -0.1) is 0 Å². The summed E-state index contributed by atoms with van der Waals surface area (Å²) in [6, 6.07) is 8.96. The molecule has 1 aromatic rings. The fourth-order valence-corrected chi connectivity index (χ4v) is 2.46. The number of hydrogen-bond donors (Lipinski definition) is 1. The van der Waals surface area contributed by atoms with Gasteiger partial charge in [0.15, 0.2) is 0 Å². The molecular formula is C15H20N2O2. The van der Waals surface area contributed by atoms with Crippen LogP contribution in [0.4, 0.5) is 0 Å². The molecule has 1 aliphatic rings. The van der Waals surface area contributed by atoms with E-state index in [4.69, 9.17) is 0 Å². The van der Waals surface area contributed by atoms with Crippen LogP contribution >= 0.6 is 0 Å². The van der Waals surface area contributed by atoms with E-state index in [9.17, 15) is 9.59 Å². The SMILES string of the molecule is CC(C)C1NC(=O)C(C)(c2ccccc2)N(C)C1=O. The zero-order chi connectivity index (χ0) is 14.2. The number of nitrogens with one attached hydrogen (secondary N) is 1. The Morgan fingerprint density at radius 3 is 2.32 bits per heavy atom. The Balaban J connectivity index is 2.43. The molecule has 0 aromatic heterocycles. The maximum Gasteiger partial charge on any atom is 0.250 e. The first-order chi connectivity index (χ1) is 8.89. The van der Waals surface area contributed by atoms with Crippen molar-refractivity contribution >= 4 is 11.8 Å². The number of carbonyl (C=O) groups excluding carboxylic acids is 2. The topological polar surface area (TPSA) is 49.4 Å². The van der Waals surface area contributed by atoms with Gasteiger partial charge in [-0.1, -0.05) is 44.2 Å². The molecule has 4 heteroatoms. The van der Waals surface area contributed by atoms with Gasteiger partial charge in [0.25, 0.3) is 5.91 Å². The second-order valence-corrected chi connectivity index (χ2v) is 5.53. The van der Waals surface area contributed by atoms with Crippen LogP contribution in [0.15, 0.2) is 30.3 Å². The van der Waals surface area contributed by atoms with Crippen molar-refractivity contribution in [1.82, 2.24) is 10.2 Å². The lowest BCUT2D eigenvalue weighted by molar-refractivity contribution is -0.156. The van der Waals surface area contributed by atoms with E-state index < -0.39 is 11.6 Å². The van der Waals surface area contributed by atoms with Gasteiger partial charge in [-0.2, -0.15) is 0 Å². The number of likely N-dealkylation sites (N-methyl/N-ethyl adjacent to an activating group) is 1. The Morgan fingerprint density at radius 2 is 1.79 bits per heavy atom. The predicted octanol–water partition coefficient (Wildman–Crippen LogP) is 1.51. The van der Waals surface area contributed by atoms with Gasteiger partial charge in [-0.25, -0.2) is 0 Å². The molecule has 0 aliphatic carbocycles. The summed E-state index contributed by atoms with van der Waals surface area (Å²) in [6.07, 6.45) is 0.